The molecular weight excluding hydrogens is 207 g/mol. The van der Waals surface area contributed by atoms with E-state index in [-0.39, 0.29) is 4.90 Å². The van der Waals surface area contributed by atoms with Crippen LogP contribution in [0.15, 0.2) is 23.1 Å². The van der Waals surface area contributed by atoms with Gasteiger partial charge in [-0.05, 0) is 24.6 Å². The van der Waals surface area contributed by atoms with Crippen LogP contribution in [0.5, 0.6) is 0 Å². The number of benzene rings is 1. The van der Waals surface area contributed by atoms with Crippen LogP contribution in [0.2, 0.25) is 0 Å². The first-order valence-corrected chi connectivity index (χ1v) is 5.29. The van der Waals surface area contributed by atoms with Crippen molar-refractivity contribution in [3.8, 4) is 0 Å². The van der Waals surface area contributed by atoms with Gasteiger partial charge in [0, 0.05) is 7.05 Å². The lowest BCUT2D eigenvalue weighted by Crippen LogP contribution is -2.33. The lowest BCUT2D eigenvalue weighted by molar-refractivity contribution is 0.485. The Balaban J connectivity index is 3.29. The predicted molar refractivity (Wildman–Crippen MR) is 50.3 cm³/mol. The standard InChI is InChI=1S/C8H11FN2O2S/c1-6-3-4-7(5-8(6)9)14(12,13)11(2)10/h3-5H,10H2,1-2H3. The summed E-state index contributed by atoms with van der Waals surface area (Å²) >= 11 is 0. The number of rotatable bonds is 2. The van der Waals surface area contributed by atoms with Crippen LogP contribution in [0.3, 0.4) is 0 Å². The molecular formula is C8H11FN2O2S. The van der Waals surface area contributed by atoms with Crippen LogP contribution in [0, 0.1) is 12.7 Å². The summed E-state index contributed by atoms with van der Waals surface area (Å²) in [6, 6.07) is 3.66. The zero-order chi connectivity index (χ0) is 10.9. The lowest BCUT2D eigenvalue weighted by Gasteiger charge is -2.11. The molecule has 1 rings (SSSR count). The van der Waals surface area contributed by atoms with Crippen molar-refractivity contribution in [2.24, 2.45) is 5.84 Å². The Kier molecular flexibility index (Phi) is 2.89. The summed E-state index contributed by atoms with van der Waals surface area (Å²) in [5.74, 6) is 4.55. The molecule has 6 heteroatoms. The summed E-state index contributed by atoms with van der Waals surface area (Å²) in [5.41, 5.74) is 0.392. The molecule has 0 aliphatic rings. The van der Waals surface area contributed by atoms with Gasteiger partial charge in [0.2, 0.25) is 0 Å². The van der Waals surface area contributed by atoms with Gasteiger partial charge in [0.1, 0.15) is 5.82 Å². The van der Waals surface area contributed by atoms with E-state index in [1.807, 2.05) is 0 Å². The van der Waals surface area contributed by atoms with Crippen molar-refractivity contribution < 1.29 is 12.8 Å². The Bertz CT molecular complexity index is 443. The van der Waals surface area contributed by atoms with E-state index in [0.717, 1.165) is 6.07 Å². The summed E-state index contributed by atoms with van der Waals surface area (Å²) in [7, 11) is -2.56. The monoisotopic (exact) mass is 218 g/mol. The van der Waals surface area contributed by atoms with Gasteiger partial charge in [0.15, 0.2) is 0 Å². The fourth-order valence-electron chi connectivity index (χ4n) is 0.900. The molecule has 0 radical (unpaired) electrons. The third-order valence-electron chi connectivity index (χ3n) is 1.82. The Hall–Kier alpha value is -0.980. The van der Waals surface area contributed by atoms with Crippen molar-refractivity contribution in [1.29, 1.82) is 0 Å². The number of nitrogens with zero attached hydrogens (tertiary/aromatic N) is 1. The Morgan fingerprint density at radius 1 is 1.43 bits per heavy atom. The summed E-state index contributed by atoms with van der Waals surface area (Å²) in [4.78, 5) is -0.148. The first-order valence-electron chi connectivity index (χ1n) is 3.85. The SMILES string of the molecule is Cc1ccc(S(=O)(=O)N(C)N)cc1F. The smallest absolute Gasteiger partial charge is 0.255 e. The Morgan fingerprint density at radius 2 is 2.00 bits per heavy atom. The molecule has 4 nitrogen and oxygen atoms in total. The van der Waals surface area contributed by atoms with Gasteiger partial charge in [0.25, 0.3) is 10.0 Å². The number of hydrogen-bond acceptors (Lipinski definition) is 3. The number of aryl methyl sites for hydroxylation is 1. The molecule has 0 amide bonds. The van der Waals surface area contributed by atoms with Crippen LogP contribution >= 0.6 is 0 Å². The van der Waals surface area contributed by atoms with E-state index in [0.29, 0.717) is 9.98 Å². The highest BCUT2D eigenvalue weighted by Gasteiger charge is 2.18. The number of hydrazine groups is 1. The second-order valence-electron chi connectivity index (χ2n) is 2.93. The van der Waals surface area contributed by atoms with Crippen LogP contribution in [0.1, 0.15) is 5.56 Å². The minimum Gasteiger partial charge on any atom is -0.255 e. The van der Waals surface area contributed by atoms with Gasteiger partial charge in [-0.1, -0.05) is 6.07 Å². The minimum absolute atomic E-state index is 0.148. The average Bonchev–Trinajstić information content (AvgIpc) is 2.09. The maximum absolute atomic E-state index is 13.0. The maximum atomic E-state index is 13.0. The number of halogens is 1. The highest BCUT2D eigenvalue weighted by atomic mass is 32.2. The van der Waals surface area contributed by atoms with Gasteiger partial charge >= 0.3 is 0 Å². The van der Waals surface area contributed by atoms with Gasteiger partial charge in [0.05, 0.1) is 4.90 Å². The highest BCUT2D eigenvalue weighted by molar-refractivity contribution is 7.89. The molecule has 1 aromatic rings. The predicted octanol–water partition coefficient (Wildman–Crippen LogP) is 0.628. The van der Waals surface area contributed by atoms with E-state index in [1.54, 1.807) is 6.92 Å². The van der Waals surface area contributed by atoms with E-state index in [2.05, 4.69) is 0 Å². The van der Waals surface area contributed by atoms with Crippen LogP contribution in [0.25, 0.3) is 0 Å². The average molecular weight is 218 g/mol. The second kappa shape index (κ2) is 3.64. The van der Waals surface area contributed by atoms with Gasteiger partial charge in [-0.15, -0.1) is 4.41 Å². The lowest BCUT2D eigenvalue weighted by atomic mass is 10.2. The van der Waals surface area contributed by atoms with Crippen molar-refractivity contribution in [2.45, 2.75) is 11.8 Å². The van der Waals surface area contributed by atoms with Crippen LogP contribution in [-0.4, -0.2) is 19.9 Å². The number of nitrogens with two attached hydrogens (primary N) is 1. The van der Waals surface area contributed by atoms with E-state index in [4.69, 9.17) is 5.84 Å². The van der Waals surface area contributed by atoms with Crippen molar-refractivity contribution in [3.05, 3.63) is 29.6 Å². The molecule has 0 aromatic heterocycles. The minimum atomic E-state index is -3.75. The van der Waals surface area contributed by atoms with Crippen LogP contribution in [-0.2, 0) is 10.0 Å². The first-order chi connectivity index (χ1) is 6.35. The summed E-state index contributed by atoms with van der Waals surface area (Å²) in [6.07, 6.45) is 0. The third kappa shape index (κ3) is 1.92. The fourth-order valence-corrected chi connectivity index (χ4v) is 1.73. The van der Waals surface area contributed by atoms with Gasteiger partial charge in [-0.2, -0.15) is 0 Å². The number of sulfonamides is 1. The first kappa shape index (κ1) is 11.1. The highest BCUT2D eigenvalue weighted by Crippen LogP contribution is 2.15. The Morgan fingerprint density at radius 3 is 2.43 bits per heavy atom. The molecule has 2 N–H and O–H groups in total. The molecule has 0 heterocycles. The topological polar surface area (TPSA) is 63.4 Å². The van der Waals surface area contributed by atoms with E-state index in [9.17, 15) is 12.8 Å². The van der Waals surface area contributed by atoms with Crippen molar-refractivity contribution in [2.75, 3.05) is 7.05 Å². The normalized spacial score (nSPS) is 12.1. The molecule has 14 heavy (non-hydrogen) atoms. The maximum Gasteiger partial charge on any atom is 0.255 e. The molecule has 0 fully saturated rings. The zero-order valence-electron chi connectivity index (χ0n) is 7.86. The van der Waals surface area contributed by atoms with Crippen molar-refractivity contribution in [1.82, 2.24) is 4.41 Å². The van der Waals surface area contributed by atoms with Gasteiger partial charge in [-0.25, -0.2) is 12.8 Å². The van der Waals surface area contributed by atoms with Crippen molar-refractivity contribution in [3.63, 3.8) is 0 Å². The second-order valence-corrected chi connectivity index (χ2v) is 4.93. The molecule has 0 saturated heterocycles. The van der Waals surface area contributed by atoms with Gasteiger partial charge < -0.3 is 0 Å². The largest absolute Gasteiger partial charge is 0.255 e. The quantitative estimate of drug-likeness (QED) is 0.585. The summed E-state index contributed by atoms with van der Waals surface area (Å²) < 4.78 is 36.5. The molecule has 78 valence electrons. The summed E-state index contributed by atoms with van der Waals surface area (Å²) in [5, 5.41) is 0. The zero-order valence-corrected chi connectivity index (χ0v) is 8.68. The molecule has 0 saturated carbocycles. The molecule has 0 unspecified atom stereocenters. The van der Waals surface area contributed by atoms with E-state index >= 15 is 0 Å². The molecule has 0 atom stereocenters. The molecule has 0 aliphatic carbocycles. The fraction of sp³-hybridized carbons (Fsp3) is 0.250. The Labute approximate surface area is 82.2 Å². The van der Waals surface area contributed by atoms with Crippen molar-refractivity contribution >= 4 is 10.0 Å². The van der Waals surface area contributed by atoms with Gasteiger partial charge in [-0.3, -0.25) is 5.84 Å². The summed E-state index contributed by atoms with van der Waals surface area (Å²) in [6.45, 7) is 1.55. The van der Waals surface area contributed by atoms with E-state index in [1.165, 1.54) is 19.2 Å². The van der Waals surface area contributed by atoms with E-state index < -0.39 is 15.8 Å². The third-order valence-corrected chi connectivity index (χ3v) is 3.43. The number of hydrogen-bond donors (Lipinski definition) is 1. The van der Waals surface area contributed by atoms with Crippen LogP contribution < -0.4 is 5.84 Å². The molecule has 0 bridgehead atoms. The molecule has 0 spiro atoms. The van der Waals surface area contributed by atoms with Crippen LogP contribution in [0.4, 0.5) is 4.39 Å². The molecule has 0 aliphatic heterocycles. The molecule has 1 aromatic carbocycles.